The van der Waals surface area contributed by atoms with E-state index in [1.807, 2.05) is 0 Å². The van der Waals surface area contributed by atoms with Crippen molar-refractivity contribution in [3.8, 4) is 0 Å². The van der Waals surface area contributed by atoms with Crippen LogP contribution in [0.2, 0.25) is 0 Å². The molecule has 0 spiro atoms. The van der Waals surface area contributed by atoms with Gasteiger partial charge in [-0.3, -0.25) is 14.9 Å². The zero-order chi connectivity index (χ0) is 17.7. The predicted molar refractivity (Wildman–Crippen MR) is 87.6 cm³/mol. The number of nitro benzene ring substituents is 1. The lowest BCUT2D eigenvalue weighted by atomic mass is 9.87. The quantitative estimate of drug-likeness (QED) is 0.469. The average Bonchev–Trinajstić information content (AvgIpc) is 2.59. The monoisotopic (exact) mass is 334 g/mol. The van der Waals surface area contributed by atoms with Crippen LogP contribution < -0.4 is 0 Å². The first-order chi connectivity index (χ1) is 11.4. The van der Waals surface area contributed by atoms with Crippen LogP contribution in [0.25, 0.3) is 0 Å². The van der Waals surface area contributed by atoms with Crippen molar-refractivity contribution in [3.05, 3.63) is 39.9 Å². The summed E-state index contributed by atoms with van der Waals surface area (Å²) >= 11 is 0. The van der Waals surface area contributed by atoms with Crippen molar-refractivity contribution in [3.63, 3.8) is 0 Å². The molecular weight excluding hydrogens is 312 g/mol. The van der Waals surface area contributed by atoms with Gasteiger partial charge in [-0.2, -0.15) is 0 Å². The predicted octanol–water partition coefficient (Wildman–Crippen LogP) is 2.79. The van der Waals surface area contributed by atoms with Crippen molar-refractivity contribution in [2.45, 2.75) is 38.6 Å². The van der Waals surface area contributed by atoms with Gasteiger partial charge in [-0.15, -0.1) is 0 Å². The molecule has 1 aliphatic rings. The number of esters is 1. The Balaban J connectivity index is 1.92. The molecule has 1 aliphatic carbocycles. The summed E-state index contributed by atoms with van der Waals surface area (Å²) in [5.41, 5.74) is -0.478. The van der Waals surface area contributed by atoms with Gasteiger partial charge in [-0.1, -0.05) is 19.1 Å². The average molecular weight is 334 g/mol. The number of carbonyl (C=O) groups excluding carboxylic acids is 2. The number of likely N-dealkylation sites (N-methyl/N-ethyl adjacent to an activating group) is 1. The van der Waals surface area contributed by atoms with Gasteiger partial charge in [0.05, 0.1) is 4.92 Å². The lowest BCUT2D eigenvalue weighted by Crippen LogP contribution is -2.41. The Hall–Kier alpha value is -2.44. The van der Waals surface area contributed by atoms with Gasteiger partial charge in [0.1, 0.15) is 5.56 Å². The summed E-state index contributed by atoms with van der Waals surface area (Å²) < 4.78 is 4.98. The Morgan fingerprint density at radius 3 is 2.50 bits per heavy atom. The summed E-state index contributed by atoms with van der Waals surface area (Å²) in [7, 11) is 1.71. The minimum atomic E-state index is -0.860. The van der Waals surface area contributed by atoms with Crippen molar-refractivity contribution >= 4 is 17.6 Å². The van der Waals surface area contributed by atoms with Gasteiger partial charge in [0, 0.05) is 19.2 Å². The van der Waals surface area contributed by atoms with Crippen LogP contribution in [0.1, 0.15) is 43.0 Å². The first-order valence-electron chi connectivity index (χ1n) is 8.06. The molecule has 0 heterocycles. The number of benzene rings is 1. The number of carbonyl (C=O) groups is 2. The molecule has 0 unspecified atom stereocenters. The Bertz CT molecular complexity index is 623. The number of hydrogen-bond donors (Lipinski definition) is 0. The summed E-state index contributed by atoms with van der Waals surface area (Å²) in [6.45, 7) is 1.79. The molecule has 0 N–H and O–H groups in total. The summed E-state index contributed by atoms with van der Waals surface area (Å²) in [5.74, 6) is -0.469. The molecule has 0 atom stereocenters. The second kappa shape index (κ2) is 7.90. The molecular formula is C17H22N2O5. The zero-order valence-electron chi connectivity index (χ0n) is 13.9. The Morgan fingerprint density at radius 1 is 1.25 bits per heavy atom. The smallest absolute Gasteiger partial charge is 0.345 e. The molecule has 24 heavy (non-hydrogen) atoms. The number of amides is 1. The van der Waals surface area contributed by atoms with Gasteiger partial charge in [0.25, 0.3) is 11.6 Å². The minimum absolute atomic E-state index is 0.149. The van der Waals surface area contributed by atoms with E-state index in [2.05, 4.69) is 6.92 Å². The van der Waals surface area contributed by atoms with Crippen molar-refractivity contribution in [1.82, 2.24) is 4.90 Å². The lowest BCUT2D eigenvalue weighted by Gasteiger charge is -2.33. The zero-order valence-corrected chi connectivity index (χ0v) is 13.9. The van der Waals surface area contributed by atoms with E-state index in [0.29, 0.717) is 5.92 Å². The van der Waals surface area contributed by atoms with Crippen LogP contribution in [0.15, 0.2) is 24.3 Å². The Kier molecular flexibility index (Phi) is 5.89. The molecule has 1 fully saturated rings. The first kappa shape index (κ1) is 17.9. The molecule has 0 aliphatic heterocycles. The molecule has 0 bridgehead atoms. The highest BCUT2D eigenvalue weighted by Crippen LogP contribution is 2.26. The highest BCUT2D eigenvalue weighted by atomic mass is 16.6. The summed E-state index contributed by atoms with van der Waals surface area (Å²) in [5, 5.41) is 10.9. The van der Waals surface area contributed by atoms with Crippen LogP contribution >= 0.6 is 0 Å². The summed E-state index contributed by atoms with van der Waals surface area (Å²) in [4.78, 5) is 36.1. The second-order valence-corrected chi connectivity index (χ2v) is 6.27. The molecule has 1 saturated carbocycles. The van der Waals surface area contributed by atoms with Crippen molar-refractivity contribution in [2.75, 3.05) is 13.7 Å². The Morgan fingerprint density at radius 2 is 1.88 bits per heavy atom. The van der Waals surface area contributed by atoms with Gasteiger partial charge in [-0.25, -0.2) is 4.79 Å². The SMILES string of the molecule is CC1CCC(N(C)C(=O)COC(=O)c2ccccc2[N+](=O)[O-])CC1. The molecule has 1 aromatic rings. The van der Waals surface area contributed by atoms with Crippen LogP contribution in [-0.2, 0) is 9.53 Å². The van der Waals surface area contributed by atoms with Gasteiger partial charge in [0.15, 0.2) is 6.61 Å². The van der Waals surface area contributed by atoms with E-state index in [4.69, 9.17) is 4.74 Å². The van der Waals surface area contributed by atoms with Gasteiger partial charge in [0.2, 0.25) is 0 Å². The standard InChI is InChI=1S/C17H22N2O5/c1-12-7-9-13(10-8-12)18(2)16(20)11-24-17(21)14-5-3-4-6-15(14)19(22)23/h3-6,12-13H,7-11H2,1-2H3. The fourth-order valence-electron chi connectivity index (χ4n) is 2.95. The van der Waals surface area contributed by atoms with E-state index in [1.54, 1.807) is 11.9 Å². The normalized spacial score (nSPS) is 20.2. The molecule has 7 heteroatoms. The van der Waals surface area contributed by atoms with Crippen LogP contribution in [0, 0.1) is 16.0 Å². The summed E-state index contributed by atoms with van der Waals surface area (Å²) in [6, 6.07) is 5.70. The molecule has 0 saturated heterocycles. The molecule has 1 aromatic carbocycles. The van der Waals surface area contributed by atoms with Gasteiger partial charge in [-0.05, 0) is 37.7 Å². The Labute approximate surface area is 140 Å². The topological polar surface area (TPSA) is 89.8 Å². The van der Waals surface area contributed by atoms with Gasteiger partial charge >= 0.3 is 5.97 Å². The fraction of sp³-hybridized carbons (Fsp3) is 0.529. The van der Waals surface area contributed by atoms with Crippen LogP contribution in [0.3, 0.4) is 0 Å². The highest BCUT2D eigenvalue weighted by Gasteiger charge is 2.26. The number of hydrogen-bond acceptors (Lipinski definition) is 5. The maximum absolute atomic E-state index is 12.2. The van der Waals surface area contributed by atoms with E-state index in [1.165, 1.54) is 24.3 Å². The van der Waals surface area contributed by atoms with E-state index in [0.717, 1.165) is 25.7 Å². The van der Waals surface area contributed by atoms with E-state index in [9.17, 15) is 19.7 Å². The van der Waals surface area contributed by atoms with Crippen LogP contribution in [0.4, 0.5) is 5.69 Å². The maximum Gasteiger partial charge on any atom is 0.345 e. The molecule has 130 valence electrons. The summed E-state index contributed by atoms with van der Waals surface area (Å²) in [6.07, 6.45) is 4.06. The minimum Gasteiger partial charge on any atom is -0.452 e. The molecule has 7 nitrogen and oxygen atoms in total. The van der Waals surface area contributed by atoms with Crippen molar-refractivity contribution in [1.29, 1.82) is 0 Å². The van der Waals surface area contributed by atoms with E-state index in [-0.39, 0.29) is 23.2 Å². The highest BCUT2D eigenvalue weighted by molar-refractivity contribution is 5.95. The van der Waals surface area contributed by atoms with Crippen LogP contribution in [-0.4, -0.2) is 41.4 Å². The lowest BCUT2D eigenvalue weighted by molar-refractivity contribution is -0.385. The van der Waals surface area contributed by atoms with Crippen LogP contribution in [0.5, 0.6) is 0 Å². The molecule has 0 radical (unpaired) electrons. The van der Waals surface area contributed by atoms with Crippen molar-refractivity contribution < 1.29 is 19.2 Å². The maximum atomic E-state index is 12.2. The second-order valence-electron chi connectivity index (χ2n) is 6.27. The first-order valence-corrected chi connectivity index (χ1v) is 8.06. The third kappa shape index (κ3) is 4.31. The fourth-order valence-corrected chi connectivity index (χ4v) is 2.95. The van der Waals surface area contributed by atoms with E-state index < -0.39 is 17.5 Å². The molecule has 0 aromatic heterocycles. The third-order valence-corrected chi connectivity index (χ3v) is 4.57. The van der Waals surface area contributed by atoms with Gasteiger partial charge < -0.3 is 9.64 Å². The number of nitrogens with zero attached hydrogens (tertiary/aromatic N) is 2. The number of nitro groups is 1. The largest absolute Gasteiger partial charge is 0.452 e. The molecule has 1 amide bonds. The number of para-hydroxylation sites is 1. The number of rotatable bonds is 5. The molecule has 2 rings (SSSR count). The third-order valence-electron chi connectivity index (χ3n) is 4.57. The van der Waals surface area contributed by atoms with Crippen molar-refractivity contribution in [2.24, 2.45) is 5.92 Å². The van der Waals surface area contributed by atoms with E-state index >= 15 is 0 Å². The number of ether oxygens (including phenoxy) is 1.